The molecule has 19 heavy (non-hydrogen) atoms. The Morgan fingerprint density at radius 3 is 2.37 bits per heavy atom. The summed E-state index contributed by atoms with van der Waals surface area (Å²) in [6.07, 6.45) is 0. The maximum Gasteiger partial charge on any atom is 0.273 e. The molecule has 0 bridgehead atoms. The number of aromatic hydroxyl groups is 1. The summed E-state index contributed by atoms with van der Waals surface area (Å²) in [4.78, 5) is 0. The Balaban J connectivity index is 0.00000180. The summed E-state index contributed by atoms with van der Waals surface area (Å²) in [5, 5.41) is 14.0. The van der Waals surface area contributed by atoms with Gasteiger partial charge in [0.1, 0.15) is 5.75 Å². The van der Waals surface area contributed by atoms with Crippen LogP contribution >= 0.6 is 0 Å². The molecular weight excluding hydrogens is 287 g/mol. The maximum absolute atomic E-state index is 9.68. The van der Waals surface area contributed by atoms with E-state index in [2.05, 4.69) is 5.11 Å². The molecular formula is C14H15N2NiO2+. The molecule has 2 aromatic carbocycles. The number of benzene rings is 2. The van der Waals surface area contributed by atoms with Crippen LogP contribution in [0.5, 0.6) is 11.5 Å². The normalized spacial score (nSPS) is 10.7. The van der Waals surface area contributed by atoms with E-state index in [1.165, 1.54) is 0 Å². The van der Waals surface area contributed by atoms with E-state index in [1.54, 1.807) is 30.0 Å². The number of rotatable bonds is 3. The molecule has 0 spiro atoms. The standard InChI is InChI=1S/C14H14N2O2.Ni/c1-16(12-8-4-6-10-14(12)18-2)15-11-7-3-5-9-13(11)17;/h3-10H,1-2H3;/p+1. The zero-order valence-electron chi connectivity index (χ0n) is 10.7. The molecule has 1 N–H and O–H groups in total. The number of hydrogen-bond donors (Lipinski definition) is 1. The molecule has 0 aromatic heterocycles. The second-order valence-corrected chi connectivity index (χ2v) is 3.78. The van der Waals surface area contributed by atoms with Crippen LogP contribution in [0.25, 0.3) is 0 Å². The summed E-state index contributed by atoms with van der Waals surface area (Å²) >= 11 is 0. The molecule has 0 aliphatic heterocycles. The Kier molecular flexibility index (Phi) is 5.52. The van der Waals surface area contributed by atoms with Crippen molar-refractivity contribution in [3.05, 3.63) is 48.5 Å². The number of phenolic OH excluding ortho intramolecular Hbond substituents is 1. The van der Waals surface area contributed by atoms with Crippen LogP contribution in [0.2, 0.25) is 0 Å². The van der Waals surface area contributed by atoms with Crippen molar-refractivity contribution in [2.24, 2.45) is 5.11 Å². The van der Waals surface area contributed by atoms with Gasteiger partial charge in [-0.25, -0.2) is 0 Å². The van der Waals surface area contributed by atoms with Crippen molar-refractivity contribution in [3.63, 3.8) is 0 Å². The van der Waals surface area contributed by atoms with Gasteiger partial charge in [0.05, 0.1) is 7.11 Å². The molecule has 5 heteroatoms. The molecule has 2 rings (SSSR count). The first-order chi connectivity index (χ1) is 8.72. The van der Waals surface area contributed by atoms with Crippen LogP contribution in [0.3, 0.4) is 0 Å². The van der Waals surface area contributed by atoms with Crippen molar-refractivity contribution in [3.8, 4) is 11.5 Å². The fraction of sp³-hybridized carbons (Fsp3) is 0.143. The molecule has 0 aliphatic carbocycles. The van der Waals surface area contributed by atoms with E-state index in [4.69, 9.17) is 4.74 Å². The van der Waals surface area contributed by atoms with Crippen LogP contribution in [0, 0.1) is 0 Å². The molecule has 0 amide bonds. The van der Waals surface area contributed by atoms with Gasteiger partial charge in [-0.3, -0.25) is 0 Å². The van der Waals surface area contributed by atoms with Crippen molar-refractivity contribution in [2.75, 3.05) is 14.2 Å². The number of para-hydroxylation sites is 3. The van der Waals surface area contributed by atoms with Gasteiger partial charge in [0.2, 0.25) is 0 Å². The van der Waals surface area contributed by atoms with Gasteiger partial charge in [0, 0.05) is 27.7 Å². The van der Waals surface area contributed by atoms with Crippen molar-refractivity contribution >= 4 is 11.4 Å². The number of ether oxygens (including phenoxy) is 1. The van der Waals surface area contributed by atoms with E-state index in [0.29, 0.717) is 5.69 Å². The van der Waals surface area contributed by atoms with Gasteiger partial charge in [-0.05, 0) is 18.2 Å². The van der Waals surface area contributed by atoms with E-state index in [1.807, 2.05) is 37.4 Å². The van der Waals surface area contributed by atoms with Crippen LogP contribution in [0.4, 0.5) is 11.4 Å². The molecule has 0 saturated carbocycles. The number of azo groups is 2. The Labute approximate surface area is 122 Å². The van der Waals surface area contributed by atoms with Crippen LogP contribution in [0.15, 0.2) is 53.6 Å². The van der Waals surface area contributed by atoms with Gasteiger partial charge < -0.3 is 9.84 Å². The van der Waals surface area contributed by atoms with Gasteiger partial charge in [-0.1, -0.05) is 29.0 Å². The van der Waals surface area contributed by atoms with Crippen LogP contribution in [0.1, 0.15) is 0 Å². The van der Waals surface area contributed by atoms with E-state index in [9.17, 15) is 5.11 Å². The number of phenols is 1. The Morgan fingerprint density at radius 2 is 1.68 bits per heavy atom. The molecule has 0 aliphatic rings. The van der Waals surface area contributed by atoms with Gasteiger partial charge in [-0.2, -0.15) is 0 Å². The van der Waals surface area contributed by atoms with E-state index in [0.717, 1.165) is 11.4 Å². The Bertz CT molecular complexity index is 585. The third kappa shape index (κ3) is 3.55. The summed E-state index contributed by atoms with van der Waals surface area (Å²) in [5.74, 6) is 0.887. The van der Waals surface area contributed by atoms with E-state index >= 15 is 0 Å². The van der Waals surface area contributed by atoms with Crippen LogP contribution in [-0.2, 0) is 16.5 Å². The predicted molar refractivity (Wildman–Crippen MR) is 69.0 cm³/mol. The largest absolute Gasteiger partial charge is 0.505 e. The zero-order chi connectivity index (χ0) is 13.0. The van der Waals surface area contributed by atoms with Gasteiger partial charge in [0.15, 0.2) is 18.5 Å². The minimum Gasteiger partial charge on any atom is -0.505 e. The SMILES string of the molecule is COc1ccccc1[N+](C)=Nc1ccccc1O.[Ni]. The molecule has 0 unspecified atom stereocenters. The first-order valence-corrected chi connectivity index (χ1v) is 5.59. The summed E-state index contributed by atoms with van der Waals surface area (Å²) in [7, 11) is 3.43. The molecule has 4 nitrogen and oxygen atoms in total. The van der Waals surface area contributed by atoms with E-state index < -0.39 is 0 Å². The molecule has 0 fully saturated rings. The van der Waals surface area contributed by atoms with Crippen molar-refractivity contribution in [1.82, 2.24) is 0 Å². The summed E-state index contributed by atoms with van der Waals surface area (Å²) < 4.78 is 6.94. The monoisotopic (exact) mass is 301 g/mol. The third-order valence-electron chi connectivity index (χ3n) is 2.57. The summed E-state index contributed by atoms with van der Waals surface area (Å²) in [6, 6.07) is 14.5. The Morgan fingerprint density at radius 1 is 1.05 bits per heavy atom. The average Bonchev–Trinajstić information content (AvgIpc) is 2.41. The van der Waals surface area contributed by atoms with Gasteiger partial charge in [0.25, 0.3) is 5.69 Å². The third-order valence-corrected chi connectivity index (χ3v) is 2.57. The smallest absolute Gasteiger partial charge is 0.273 e. The minimum atomic E-state index is 0. The van der Waals surface area contributed by atoms with Gasteiger partial charge >= 0.3 is 0 Å². The van der Waals surface area contributed by atoms with Crippen molar-refractivity contribution < 1.29 is 31.0 Å². The minimum absolute atomic E-state index is 0. The fourth-order valence-corrected chi connectivity index (χ4v) is 1.66. The second kappa shape index (κ2) is 6.90. The summed E-state index contributed by atoms with van der Waals surface area (Å²) in [6.45, 7) is 0. The first kappa shape index (κ1) is 15.2. The molecule has 0 radical (unpaired) electrons. The van der Waals surface area contributed by atoms with Crippen LogP contribution < -0.4 is 4.74 Å². The predicted octanol–water partition coefficient (Wildman–Crippen LogP) is 3.46. The molecule has 0 saturated heterocycles. The number of hydrogen-bond acceptors (Lipinski definition) is 3. The number of methoxy groups -OCH3 is 1. The van der Waals surface area contributed by atoms with Crippen LogP contribution in [-0.4, -0.2) is 24.0 Å². The number of nitrogens with zero attached hydrogens (tertiary/aromatic N) is 2. The van der Waals surface area contributed by atoms with E-state index in [-0.39, 0.29) is 22.2 Å². The molecule has 0 atom stereocenters. The summed E-state index contributed by atoms with van der Waals surface area (Å²) in [5.41, 5.74) is 1.36. The average molecular weight is 302 g/mol. The van der Waals surface area contributed by atoms with Crippen molar-refractivity contribution in [1.29, 1.82) is 0 Å². The Hall–Kier alpha value is -1.87. The quantitative estimate of drug-likeness (QED) is 0.536. The fourth-order valence-electron chi connectivity index (χ4n) is 1.66. The topological polar surface area (TPSA) is 44.8 Å². The van der Waals surface area contributed by atoms with Gasteiger partial charge in [-0.15, -0.1) is 0 Å². The zero-order valence-corrected chi connectivity index (χ0v) is 11.7. The molecule has 0 heterocycles. The molecule has 2 aromatic rings. The maximum atomic E-state index is 9.68. The first-order valence-electron chi connectivity index (χ1n) is 5.59. The second-order valence-electron chi connectivity index (χ2n) is 3.78. The molecule has 102 valence electrons. The van der Waals surface area contributed by atoms with Crippen molar-refractivity contribution in [2.45, 2.75) is 0 Å².